The van der Waals surface area contributed by atoms with Crippen LogP contribution in [0.2, 0.25) is 0 Å². The van der Waals surface area contributed by atoms with Crippen LogP contribution in [0.3, 0.4) is 0 Å². The molecule has 3 heteroatoms. The molecule has 0 aliphatic carbocycles. The number of hydrogen-bond acceptors (Lipinski definition) is 2. The molecule has 78 valence electrons. The molecule has 0 aliphatic rings. The Balaban J connectivity index is 3.72. The lowest BCUT2D eigenvalue weighted by molar-refractivity contribution is 0.251. The van der Waals surface area contributed by atoms with Gasteiger partial charge in [-0.05, 0) is 18.9 Å². The Kier molecular flexibility index (Phi) is 7.19. The van der Waals surface area contributed by atoms with E-state index in [4.69, 9.17) is 18.0 Å². The molecule has 0 saturated carbocycles. The maximum absolute atomic E-state index is 5.47. The Bertz CT molecular complexity index is 146. The Labute approximate surface area is 87.5 Å². The summed E-state index contributed by atoms with van der Waals surface area (Å²) in [4.78, 5) is 3.06. The number of nitrogens with two attached hydrogens (primary N) is 1. The van der Waals surface area contributed by atoms with E-state index >= 15 is 0 Å². The van der Waals surface area contributed by atoms with Gasteiger partial charge in [0.05, 0.1) is 4.99 Å². The lowest BCUT2D eigenvalue weighted by Crippen LogP contribution is -2.31. The van der Waals surface area contributed by atoms with Crippen molar-refractivity contribution in [1.82, 2.24) is 4.90 Å². The largest absolute Gasteiger partial charge is 0.393 e. The van der Waals surface area contributed by atoms with Crippen LogP contribution in [0.15, 0.2) is 0 Å². The molecule has 0 radical (unpaired) electrons. The summed E-state index contributed by atoms with van der Waals surface area (Å²) in [5, 5.41) is 0. The predicted molar refractivity (Wildman–Crippen MR) is 63.0 cm³/mol. The minimum atomic E-state index is 0.629. The van der Waals surface area contributed by atoms with Crippen molar-refractivity contribution in [3.05, 3.63) is 0 Å². The van der Waals surface area contributed by atoms with E-state index in [1.54, 1.807) is 0 Å². The van der Waals surface area contributed by atoms with E-state index in [0.29, 0.717) is 4.99 Å². The van der Waals surface area contributed by atoms with Gasteiger partial charge >= 0.3 is 0 Å². The lowest BCUT2D eigenvalue weighted by Gasteiger charge is -2.23. The van der Waals surface area contributed by atoms with Crippen molar-refractivity contribution in [3.8, 4) is 0 Å². The van der Waals surface area contributed by atoms with Gasteiger partial charge in [-0.3, -0.25) is 0 Å². The summed E-state index contributed by atoms with van der Waals surface area (Å²) in [6, 6.07) is 0. The van der Waals surface area contributed by atoms with Gasteiger partial charge in [0.1, 0.15) is 0 Å². The van der Waals surface area contributed by atoms with Crippen LogP contribution in [-0.2, 0) is 0 Å². The summed E-state index contributed by atoms with van der Waals surface area (Å²) in [6.45, 7) is 10.00. The average Bonchev–Trinajstić information content (AvgIpc) is 1.99. The summed E-state index contributed by atoms with van der Waals surface area (Å²) < 4.78 is 0. The maximum Gasteiger partial charge on any atom is 0.0740 e. The molecule has 0 heterocycles. The van der Waals surface area contributed by atoms with Crippen LogP contribution in [0.5, 0.6) is 0 Å². The van der Waals surface area contributed by atoms with Crippen molar-refractivity contribution in [2.24, 2.45) is 11.7 Å². The van der Waals surface area contributed by atoms with Crippen molar-refractivity contribution in [3.63, 3.8) is 0 Å². The van der Waals surface area contributed by atoms with E-state index < -0.39 is 0 Å². The van der Waals surface area contributed by atoms with Gasteiger partial charge in [0.15, 0.2) is 0 Å². The number of rotatable bonds is 7. The minimum Gasteiger partial charge on any atom is -0.393 e. The maximum atomic E-state index is 5.47. The molecule has 13 heavy (non-hydrogen) atoms. The van der Waals surface area contributed by atoms with E-state index in [2.05, 4.69) is 25.7 Å². The fraction of sp³-hybridized carbons (Fsp3) is 0.900. The second-order valence-electron chi connectivity index (χ2n) is 3.91. The molecule has 2 nitrogen and oxygen atoms in total. The predicted octanol–water partition coefficient (Wildman–Crippen LogP) is 2.03. The van der Waals surface area contributed by atoms with Crippen molar-refractivity contribution in [2.45, 2.75) is 33.6 Å². The average molecular weight is 202 g/mol. The first kappa shape index (κ1) is 12.8. The third-order valence-electron chi connectivity index (χ3n) is 1.84. The quantitative estimate of drug-likeness (QED) is 0.641. The van der Waals surface area contributed by atoms with Crippen LogP contribution >= 0.6 is 12.2 Å². The zero-order valence-electron chi connectivity index (χ0n) is 9.05. The molecule has 0 rings (SSSR count). The summed E-state index contributed by atoms with van der Waals surface area (Å²) in [5.41, 5.74) is 5.47. The van der Waals surface area contributed by atoms with E-state index in [1.807, 2.05) is 0 Å². The highest BCUT2D eigenvalue weighted by molar-refractivity contribution is 7.80. The Morgan fingerprint density at radius 1 is 1.38 bits per heavy atom. The zero-order chi connectivity index (χ0) is 10.3. The second-order valence-corrected chi connectivity index (χ2v) is 4.44. The Morgan fingerprint density at radius 3 is 2.38 bits per heavy atom. The molecule has 0 aromatic carbocycles. The van der Waals surface area contributed by atoms with Gasteiger partial charge in [0.25, 0.3) is 0 Å². The summed E-state index contributed by atoms with van der Waals surface area (Å²) >= 11 is 4.86. The molecule has 0 saturated heterocycles. The van der Waals surface area contributed by atoms with Gasteiger partial charge in [-0.15, -0.1) is 0 Å². The smallest absolute Gasteiger partial charge is 0.0740 e. The monoisotopic (exact) mass is 202 g/mol. The van der Waals surface area contributed by atoms with Gasteiger partial charge in [-0.25, -0.2) is 0 Å². The van der Waals surface area contributed by atoms with Gasteiger partial charge in [-0.1, -0.05) is 33.0 Å². The summed E-state index contributed by atoms with van der Waals surface area (Å²) in [5.74, 6) is 0.720. The molecule has 0 atom stereocenters. The molecule has 0 aromatic rings. The molecule has 0 bridgehead atoms. The second kappa shape index (κ2) is 7.27. The van der Waals surface area contributed by atoms with Gasteiger partial charge < -0.3 is 10.6 Å². The van der Waals surface area contributed by atoms with Crippen molar-refractivity contribution in [2.75, 3.05) is 19.6 Å². The third kappa shape index (κ3) is 8.19. The highest BCUT2D eigenvalue weighted by Crippen LogP contribution is 2.01. The van der Waals surface area contributed by atoms with E-state index in [0.717, 1.165) is 32.0 Å². The number of thiocarbonyl (C=S) groups is 1. The molecule has 0 unspecified atom stereocenters. The summed E-state index contributed by atoms with van der Waals surface area (Å²) in [7, 11) is 0. The highest BCUT2D eigenvalue weighted by Gasteiger charge is 2.05. The lowest BCUT2D eigenvalue weighted by atomic mass is 10.2. The van der Waals surface area contributed by atoms with Crippen LogP contribution < -0.4 is 5.73 Å². The van der Waals surface area contributed by atoms with E-state index in [9.17, 15) is 0 Å². The Hall–Kier alpha value is -0.150. The zero-order valence-corrected chi connectivity index (χ0v) is 9.86. The fourth-order valence-corrected chi connectivity index (χ4v) is 1.49. The standard InChI is InChI=1S/C10H22N2S/c1-4-6-12(8-9(2)3)7-5-10(11)13/h9H,4-8H2,1-3H3,(H2,11,13). The highest BCUT2D eigenvalue weighted by atomic mass is 32.1. The van der Waals surface area contributed by atoms with Crippen molar-refractivity contribution < 1.29 is 0 Å². The van der Waals surface area contributed by atoms with Crippen LogP contribution in [-0.4, -0.2) is 29.5 Å². The van der Waals surface area contributed by atoms with Crippen LogP contribution in [0, 0.1) is 5.92 Å². The SMILES string of the molecule is CCCN(CCC(N)=S)CC(C)C. The van der Waals surface area contributed by atoms with Crippen molar-refractivity contribution in [1.29, 1.82) is 0 Å². The molecule has 0 aromatic heterocycles. The molecular weight excluding hydrogens is 180 g/mol. The number of nitrogens with zero attached hydrogens (tertiary/aromatic N) is 1. The van der Waals surface area contributed by atoms with E-state index in [1.165, 1.54) is 6.42 Å². The Morgan fingerprint density at radius 2 is 2.00 bits per heavy atom. The fourth-order valence-electron chi connectivity index (χ4n) is 1.40. The first-order chi connectivity index (χ1) is 6.06. The molecule has 0 amide bonds. The molecule has 0 spiro atoms. The van der Waals surface area contributed by atoms with Gasteiger partial charge in [-0.2, -0.15) is 0 Å². The topological polar surface area (TPSA) is 29.3 Å². The van der Waals surface area contributed by atoms with Gasteiger partial charge in [0.2, 0.25) is 0 Å². The molecule has 0 fully saturated rings. The van der Waals surface area contributed by atoms with Crippen LogP contribution in [0.25, 0.3) is 0 Å². The third-order valence-corrected chi connectivity index (χ3v) is 2.04. The first-order valence-corrected chi connectivity index (χ1v) is 5.47. The normalized spacial score (nSPS) is 11.2. The summed E-state index contributed by atoms with van der Waals surface area (Å²) in [6.07, 6.45) is 2.05. The van der Waals surface area contributed by atoms with Crippen LogP contribution in [0.4, 0.5) is 0 Å². The molecule has 2 N–H and O–H groups in total. The van der Waals surface area contributed by atoms with Crippen LogP contribution in [0.1, 0.15) is 33.6 Å². The van der Waals surface area contributed by atoms with Crippen molar-refractivity contribution >= 4 is 17.2 Å². The first-order valence-electron chi connectivity index (χ1n) is 5.07. The van der Waals surface area contributed by atoms with E-state index in [-0.39, 0.29) is 0 Å². The minimum absolute atomic E-state index is 0.629. The molecular formula is C10H22N2S. The number of hydrogen-bond donors (Lipinski definition) is 1. The van der Waals surface area contributed by atoms with Gasteiger partial charge in [0, 0.05) is 19.5 Å². The molecule has 0 aliphatic heterocycles.